The third-order valence-electron chi connectivity index (χ3n) is 3.61. The highest BCUT2D eigenvalue weighted by molar-refractivity contribution is 6.17. The van der Waals surface area contributed by atoms with Crippen molar-refractivity contribution in [2.45, 2.75) is 46.1 Å². The molecule has 0 aliphatic rings. The van der Waals surface area contributed by atoms with Crippen LogP contribution in [0.4, 0.5) is 0 Å². The summed E-state index contributed by atoms with van der Waals surface area (Å²) in [5, 5.41) is 0. The van der Waals surface area contributed by atoms with E-state index in [0.717, 1.165) is 29.8 Å². The molecule has 0 aliphatic heterocycles. The summed E-state index contributed by atoms with van der Waals surface area (Å²) in [4.78, 5) is 9.25. The van der Waals surface area contributed by atoms with E-state index >= 15 is 0 Å². The van der Waals surface area contributed by atoms with E-state index in [1.807, 2.05) is 12.3 Å². The molecule has 0 radical (unpaired) electrons. The van der Waals surface area contributed by atoms with Gasteiger partial charge in [-0.25, -0.2) is 9.97 Å². The molecule has 2 aromatic heterocycles. The molecule has 0 atom stereocenters. The average molecular weight is 266 g/mol. The largest absolute Gasteiger partial charge is 0.307 e. The fourth-order valence-corrected chi connectivity index (χ4v) is 2.35. The van der Waals surface area contributed by atoms with E-state index in [4.69, 9.17) is 16.6 Å². The maximum Gasteiger partial charge on any atom is 0.160 e. The van der Waals surface area contributed by atoms with E-state index in [-0.39, 0.29) is 5.54 Å². The normalized spacial score (nSPS) is 12.3. The van der Waals surface area contributed by atoms with E-state index in [1.165, 1.54) is 5.56 Å². The minimum absolute atomic E-state index is 0.0108. The van der Waals surface area contributed by atoms with Gasteiger partial charge in [0.25, 0.3) is 0 Å². The second-order valence-electron chi connectivity index (χ2n) is 5.27. The lowest BCUT2D eigenvalue weighted by Crippen LogP contribution is -2.27. The number of rotatable bonds is 4. The zero-order chi connectivity index (χ0) is 13.3. The summed E-state index contributed by atoms with van der Waals surface area (Å²) >= 11 is 5.89. The fraction of sp³-hybridized carbons (Fsp3) is 0.571. The van der Waals surface area contributed by atoms with Gasteiger partial charge >= 0.3 is 0 Å². The zero-order valence-corrected chi connectivity index (χ0v) is 12.3. The van der Waals surface area contributed by atoms with Gasteiger partial charge in [0.05, 0.1) is 0 Å². The molecule has 0 unspecified atom stereocenters. The van der Waals surface area contributed by atoms with Crippen molar-refractivity contribution >= 4 is 22.8 Å². The smallest absolute Gasteiger partial charge is 0.160 e. The molecule has 0 aromatic carbocycles. The van der Waals surface area contributed by atoms with Gasteiger partial charge in [0.2, 0.25) is 0 Å². The third kappa shape index (κ3) is 2.12. The molecule has 2 aromatic rings. The number of halogens is 1. The second-order valence-corrected chi connectivity index (χ2v) is 5.65. The van der Waals surface area contributed by atoms with E-state index in [1.54, 1.807) is 0 Å². The van der Waals surface area contributed by atoms with Crippen molar-refractivity contribution in [3.8, 4) is 0 Å². The van der Waals surface area contributed by atoms with Crippen LogP contribution < -0.4 is 0 Å². The van der Waals surface area contributed by atoms with Gasteiger partial charge in [-0.1, -0.05) is 6.92 Å². The highest BCUT2D eigenvalue weighted by Crippen LogP contribution is 2.28. The lowest BCUT2D eigenvalue weighted by atomic mass is 10.0. The van der Waals surface area contributed by atoms with E-state index in [9.17, 15) is 0 Å². The highest BCUT2D eigenvalue weighted by atomic mass is 35.5. The number of hydrogen-bond acceptors (Lipinski definition) is 2. The molecule has 4 heteroatoms. The summed E-state index contributed by atoms with van der Waals surface area (Å²) in [7, 11) is 0. The molecule has 0 aliphatic carbocycles. The van der Waals surface area contributed by atoms with Crippen LogP contribution in [0.25, 0.3) is 11.2 Å². The standard InChI is InChI=1S/C14H20ClN3/c1-5-14(3,4)18-11(6-8-15)17-12-10(2)7-9-16-13(12)18/h7,9H,5-6,8H2,1-4H3. The van der Waals surface area contributed by atoms with Crippen molar-refractivity contribution in [3.05, 3.63) is 23.7 Å². The number of alkyl halides is 1. The Morgan fingerprint density at radius 2 is 2.11 bits per heavy atom. The van der Waals surface area contributed by atoms with Crippen molar-refractivity contribution in [1.29, 1.82) is 0 Å². The van der Waals surface area contributed by atoms with Crippen LogP contribution in [0.1, 0.15) is 38.6 Å². The summed E-state index contributed by atoms with van der Waals surface area (Å²) in [6.07, 6.45) is 3.66. The number of aromatic nitrogens is 3. The maximum absolute atomic E-state index is 5.89. The van der Waals surface area contributed by atoms with E-state index in [0.29, 0.717) is 5.88 Å². The van der Waals surface area contributed by atoms with Gasteiger partial charge in [-0.2, -0.15) is 0 Å². The zero-order valence-electron chi connectivity index (χ0n) is 11.5. The van der Waals surface area contributed by atoms with Gasteiger partial charge in [-0.3, -0.25) is 0 Å². The Kier molecular flexibility index (Phi) is 3.62. The van der Waals surface area contributed by atoms with E-state index in [2.05, 4.69) is 37.2 Å². The average Bonchev–Trinajstić information content (AvgIpc) is 2.70. The van der Waals surface area contributed by atoms with Crippen molar-refractivity contribution in [2.75, 3.05) is 5.88 Å². The Bertz CT molecular complexity index is 557. The molecule has 2 rings (SSSR count). The van der Waals surface area contributed by atoms with Crippen molar-refractivity contribution in [2.24, 2.45) is 0 Å². The predicted molar refractivity (Wildman–Crippen MR) is 76.3 cm³/mol. The summed E-state index contributed by atoms with van der Waals surface area (Å²) in [6.45, 7) is 8.70. The predicted octanol–water partition coefficient (Wildman–Crippen LogP) is 3.67. The first-order valence-corrected chi connectivity index (χ1v) is 6.94. The summed E-state index contributed by atoms with van der Waals surface area (Å²) in [5.41, 5.74) is 3.15. The molecule has 3 nitrogen and oxygen atoms in total. The topological polar surface area (TPSA) is 30.7 Å². The molecular weight excluding hydrogens is 246 g/mol. The highest BCUT2D eigenvalue weighted by Gasteiger charge is 2.25. The fourth-order valence-electron chi connectivity index (χ4n) is 2.19. The number of fused-ring (bicyclic) bond motifs is 1. The van der Waals surface area contributed by atoms with Crippen LogP contribution >= 0.6 is 11.6 Å². The van der Waals surface area contributed by atoms with Crippen LogP contribution in [0.15, 0.2) is 12.3 Å². The Labute approximate surface area is 113 Å². The van der Waals surface area contributed by atoms with Gasteiger partial charge < -0.3 is 4.57 Å². The molecule has 98 valence electrons. The first kappa shape index (κ1) is 13.3. The Morgan fingerprint density at radius 3 is 2.72 bits per heavy atom. The number of nitrogens with zero attached hydrogens (tertiary/aromatic N) is 3. The van der Waals surface area contributed by atoms with Crippen LogP contribution in [0.5, 0.6) is 0 Å². The van der Waals surface area contributed by atoms with Crippen LogP contribution in [-0.4, -0.2) is 20.4 Å². The van der Waals surface area contributed by atoms with Crippen LogP contribution in [0.3, 0.4) is 0 Å². The lowest BCUT2D eigenvalue weighted by molar-refractivity contribution is 0.340. The van der Waals surface area contributed by atoms with Gasteiger partial charge in [0.1, 0.15) is 11.3 Å². The summed E-state index contributed by atoms with van der Waals surface area (Å²) in [5.74, 6) is 1.62. The number of pyridine rings is 1. The molecule has 0 amide bonds. The Balaban J connectivity index is 2.74. The number of aryl methyl sites for hydroxylation is 2. The Morgan fingerprint density at radius 1 is 1.39 bits per heavy atom. The Hall–Kier alpha value is -1.09. The quantitative estimate of drug-likeness (QED) is 0.790. The molecular formula is C14H20ClN3. The molecule has 0 saturated heterocycles. The third-order valence-corrected chi connectivity index (χ3v) is 3.80. The van der Waals surface area contributed by atoms with Crippen LogP contribution in [0, 0.1) is 6.92 Å². The van der Waals surface area contributed by atoms with Crippen molar-refractivity contribution < 1.29 is 0 Å². The summed E-state index contributed by atoms with van der Waals surface area (Å²) in [6, 6.07) is 2.00. The molecule has 0 saturated carbocycles. The van der Waals surface area contributed by atoms with Crippen molar-refractivity contribution in [1.82, 2.24) is 14.5 Å². The van der Waals surface area contributed by atoms with Crippen molar-refractivity contribution in [3.63, 3.8) is 0 Å². The summed E-state index contributed by atoms with van der Waals surface area (Å²) < 4.78 is 2.25. The number of hydrogen-bond donors (Lipinski definition) is 0. The van der Waals surface area contributed by atoms with Crippen LogP contribution in [-0.2, 0) is 12.0 Å². The van der Waals surface area contributed by atoms with Gasteiger partial charge in [0, 0.05) is 24.0 Å². The minimum Gasteiger partial charge on any atom is -0.307 e. The van der Waals surface area contributed by atoms with Gasteiger partial charge in [-0.05, 0) is 38.8 Å². The molecule has 2 heterocycles. The first-order chi connectivity index (χ1) is 8.51. The number of imidazole rings is 1. The van der Waals surface area contributed by atoms with Gasteiger partial charge in [0.15, 0.2) is 5.65 Å². The lowest BCUT2D eigenvalue weighted by Gasteiger charge is -2.27. The SMILES string of the molecule is CCC(C)(C)n1c(CCCl)nc2c(C)ccnc21. The minimum atomic E-state index is 0.0108. The van der Waals surface area contributed by atoms with Crippen LogP contribution in [0.2, 0.25) is 0 Å². The van der Waals surface area contributed by atoms with Gasteiger partial charge in [-0.15, -0.1) is 11.6 Å². The monoisotopic (exact) mass is 265 g/mol. The molecule has 0 spiro atoms. The second kappa shape index (κ2) is 4.88. The maximum atomic E-state index is 5.89. The van der Waals surface area contributed by atoms with E-state index < -0.39 is 0 Å². The first-order valence-electron chi connectivity index (χ1n) is 6.40. The molecule has 0 N–H and O–H groups in total. The molecule has 0 fully saturated rings. The molecule has 18 heavy (non-hydrogen) atoms. The molecule has 0 bridgehead atoms.